The molecule has 0 saturated carbocycles. The molecule has 1 rings (SSSR count). The standard InChI is InChI=1S/C4H5N3O2.ClH/c5-3(8)2-4(9)7-1-6-2;/h1,9H,(H2,5,8)(H,6,7);1H. The van der Waals surface area contributed by atoms with Crippen LogP contribution >= 0.6 is 12.4 Å². The summed E-state index contributed by atoms with van der Waals surface area (Å²) in [7, 11) is 0. The molecule has 1 aromatic heterocycles. The van der Waals surface area contributed by atoms with Crippen LogP contribution in [0, 0.1) is 0 Å². The van der Waals surface area contributed by atoms with Crippen molar-refractivity contribution in [2.45, 2.75) is 0 Å². The fourth-order valence-electron chi connectivity index (χ4n) is 0.468. The number of imidazole rings is 1. The lowest BCUT2D eigenvalue weighted by atomic mass is 10.4. The fraction of sp³-hybridized carbons (Fsp3) is 0. The third-order valence-electron chi connectivity index (χ3n) is 0.853. The number of aromatic nitrogens is 2. The first-order chi connectivity index (χ1) is 4.22. The summed E-state index contributed by atoms with van der Waals surface area (Å²) >= 11 is 0. The summed E-state index contributed by atoms with van der Waals surface area (Å²) in [5.74, 6) is -1.03. The first-order valence-electron chi connectivity index (χ1n) is 2.24. The van der Waals surface area contributed by atoms with Crippen LogP contribution in [0.15, 0.2) is 6.33 Å². The van der Waals surface area contributed by atoms with Crippen molar-refractivity contribution in [1.29, 1.82) is 0 Å². The van der Waals surface area contributed by atoms with E-state index >= 15 is 0 Å². The number of H-pyrrole nitrogens is 1. The minimum atomic E-state index is -0.742. The van der Waals surface area contributed by atoms with Gasteiger partial charge in [0.1, 0.15) is 0 Å². The first-order valence-corrected chi connectivity index (χ1v) is 2.24. The minimum Gasteiger partial charge on any atom is -0.493 e. The Kier molecular flexibility index (Phi) is 2.69. The zero-order valence-electron chi connectivity index (χ0n) is 4.87. The third kappa shape index (κ3) is 1.38. The Morgan fingerprint density at radius 2 is 2.40 bits per heavy atom. The van der Waals surface area contributed by atoms with Crippen LogP contribution in [0.25, 0.3) is 0 Å². The predicted molar refractivity (Wildman–Crippen MR) is 36.0 cm³/mol. The van der Waals surface area contributed by atoms with Crippen molar-refractivity contribution in [3.05, 3.63) is 12.0 Å². The average molecular weight is 164 g/mol. The van der Waals surface area contributed by atoms with Gasteiger partial charge in [0.15, 0.2) is 5.69 Å². The molecule has 1 heterocycles. The van der Waals surface area contributed by atoms with Gasteiger partial charge in [0.05, 0.1) is 6.33 Å². The number of amides is 1. The highest BCUT2D eigenvalue weighted by molar-refractivity contribution is 5.92. The number of aromatic hydroxyl groups is 1. The molecule has 4 N–H and O–H groups in total. The lowest BCUT2D eigenvalue weighted by molar-refractivity contribution is 0.0993. The predicted octanol–water partition coefficient (Wildman–Crippen LogP) is -0.364. The van der Waals surface area contributed by atoms with E-state index in [-0.39, 0.29) is 24.0 Å². The fourth-order valence-corrected chi connectivity index (χ4v) is 0.468. The van der Waals surface area contributed by atoms with Crippen LogP contribution in [0.5, 0.6) is 5.88 Å². The maximum absolute atomic E-state index is 10.3. The average Bonchev–Trinajstić information content (AvgIpc) is 2.13. The Hall–Kier alpha value is -1.23. The van der Waals surface area contributed by atoms with Crippen LogP contribution in [0.2, 0.25) is 0 Å². The van der Waals surface area contributed by atoms with E-state index in [2.05, 4.69) is 9.97 Å². The van der Waals surface area contributed by atoms with Crippen LogP contribution in [0.1, 0.15) is 10.5 Å². The number of nitrogens with two attached hydrogens (primary N) is 1. The molecule has 0 saturated heterocycles. The molecule has 5 nitrogen and oxygen atoms in total. The van der Waals surface area contributed by atoms with Crippen molar-refractivity contribution in [2.24, 2.45) is 5.73 Å². The number of hydrogen-bond acceptors (Lipinski definition) is 3. The van der Waals surface area contributed by atoms with E-state index < -0.39 is 5.91 Å². The van der Waals surface area contributed by atoms with E-state index in [9.17, 15) is 4.79 Å². The van der Waals surface area contributed by atoms with E-state index in [0.29, 0.717) is 0 Å². The SMILES string of the molecule is Cl.NC(=O)c1nc[nH]c1O. The van der Waals surface area contributed by atoms with Crippen molar-refractivity contribution >= 4 is 18.3 Å². The minimum absolute atomic E-state index is 0. The highest BCUT2D eigenvalue weighted by Gasteiger charge is 2.07. The van der Waals surface area contributed by atoms with Gasteiger partial charge in [0, 0.05) is 0 Å². The van der Waals surface area contributed by atoms with Gasteiger partial charge in [0.25, 0.3) is 5.91 Å². The number of carbonyl (C=O) groups excluding carboxylic acids is 1. The molecule has 0 aliphatic heterocycles. The van der Waals surface area contributed by atoms with Gasteiger partial charge in [-0.2, -0.15) is 0 Å². The molecule has 0 atom stereocenters. The Labute approximate surface area is 62.7 Å². The molecule has 0 unspecified atom stereocenters. The molecular weight excluding hydrogens is 158 g/mol. The topological polar surface area (TPSA) is 92.0 Å². The van der Waals surface area contributed by atoms with Crippen LogP contribution < -0.4 is 5.73 Å². The van der Waals surface area contributed by atoms with Gasteiger partial charge in [-0.1, -0.05) is 0 Å². The Balaban J connectivity index is 0.000000810. The summed E-state index contributed by atoms with van der Waals surface area (Å²) in [5.41, 5.74) is 4.65. The smallest absolute Gasteiger partial charge is 0.272 e. The molecule has 0 aliphatic rings. The molecule has 10 heavy (non-hydrogen) atoms. The number of nitrogens with zero attached hydrogens (tertiary/aromatic N) is 1. The monoisotopic (exact) mass is 163 g/mol. The Morgan fingerprint density at radius 1 is 1.80 bits per heavy atom. The molecule has 56 valence electrons. The summed E-state index contributed by atoms with van der Waals surface area (Å²) in [4.78, 5) is 16.0. The molecule has 0 radical (unpaired) electrons. The van der Waals surface area contributed by atoms with Crippen molar-refractivity contribution < 1.29 is 9.90 Å². The third-order valence-corrected chi connectivity index (χ3v) is 0.853. The largest absolute Gasteiger partial charge is 0.493 e. The summed E-state index contributed by atoms with van der Waals surface area (Å²) in [6, 6.07) is 0. The number of rotatable bonds is 1. The second kappa shape index (κ2) is 3.07. The molecule has 1 aromatic rings. The van der Waals surface area contributed by atoms with Gasteiger partial charge in [-0.15, -0.1) is 12.4 Å². The maximum atomic E-state index is 10.3. The molecule has 0 aromatic carbocycles. The van der Waals surface area contributed by atoms with Crippen LogP contribution in [-0.2, 0) is 0 Å². The summed E-state index contributed by atoms with van der Waals surface area (Å²) in [6.07, 6.45) is 1.19. The van der Waals surface area contributed by atoms with E-state index in [1.54, 1.807) is 0 Å². The zero-order chi connectivity index (χ0) is 6.85. The molecule has 0 aliphatic carbocycles. The second-order valence-electron chi connectivity index (χ2n) is 1.46. The van der Waals surface area contributed by atoms with Crippen LogP contribution in [0.4, 0.5) is 0 Å². The normalized spacial score (nSPS) is 8.40. The number of halogens is 1. The molecule has 1 amide bonds. The molecular formula is C4H6ClN3O2. The van der Waals surface area contributed by atoms with Crippen molar-refractivity contribution in [3.63, 3.8) is 0 Å². The second-order valence-corrected chi connectivity index (χ2v) is 1.46. The van der Waals surface area contributed by atoms with E-state index in [4.69, 9.17) is 10.8 Å². The zero-order valence-corrected chi connectivity index (χ0v) is 5.68. The number of hydrogen-bond donors (Lipinski definition) is 3. The van der Waals surface area contributed by atoms with Crippen LogP contribution in [-0.4, -0.2) is 21.0 Å². The van der Waals surface area contributed by atoms with E-state index in [0.717, 1.165) is 0 Å². The van der Waals surface area contributed by atoms with Gasteiger partial charge in [-0.25, -0.2) is 4.98 Å². The van der Waals surface area contributed by atoms with Gasteiger partial charge >= 0.3 is 0 Å². The lowest BCUT2D eigenvalue weighted by Crippen LogP contribution is -2.11. The summed E-state index contributed by atoms with van der Waals surface area (Å²) in [6.45, 7) is 0. The Morgan fingerprint density at radius 3 is 2.60 bits per heavy atom. The van der Waals surface area contributed by atoms with Gasteiger partial charge in [-0.3, -0.25) is 4.79 Å². The van der Waals surface area contributed by atoms with Crippen molar-refractivity contribution in [1.82, 2.24) is 9.97 Å². The van der Waals surface area contributed by atoms with Crippen LogP contribution in [0.3, 0.4) is 0 Å². The molecule has 0 spiro atoms. The lowest BCUT2D eigenvalue weighted by Gasteiger charge is -1.85. The van der Waals surface area contributed by atoms with Crippen molar-refractivity contribution in [2.75, 3.05) is 0 Å². The van der Waals surface area contributed by atoms with E-state index in [1.165, 1.54) is 6.33 Å². The quantitative estimate of drug-likeness (QED) is 0.528. The highest BCUT2D eigenvalue weighted by atomic mass is 35.5. The number of primary amides is 1. The number of aromatic amines is 1. The van der Waals surface area contributed by atoms with Crippen molar-refractivity contribution in [3.8, 4) is 5.88 Å². The number of carbonyl (C=O) groups is 1. The summed E-state index contributed by atoms with van der Waals surface area (Å²) in [5, 5.41) is 8.70. The first kappa shape index (κ1) is 8.77. The van der Waals surface area contributed by atoms with E-state index in [1.807, 2.05) is 0 Å². The maximum Gasteiger partial charge on any atom is 0.272 e. The Bertz CT molecular complexity index is 234. The molecule has 6 heteroatoms. The van der Waals surface area contributed by atoms with Gasteiger partial charge < -0.3 is 15.8 Å². The van der Waals surface area contributed by atoms with Gasteiger partial charge in [0.2, 0.25) is 5.88 Å². The number of nitrogens with one attached hydrogen (secondary N) is 1. The molecule has 0 bridgehead atoms. The highest BCUT2D eigenvalue weighted by Crippen LogP contribution is 2.06. The summed E-state index contributed by atoms with van der Waals surface area (Å²) < 4.78 is 0. The van der Waals surface area contributed by atoms with Gasteiger partial charge in [-0.05, 0) is 0 Å². The molecule has 0 fully saturated rings.